The van der Waals surface area contributed by atoms with Gasteiger partial charge in [0, 0.05) is 36.4 Å². The molecule has 5 rings (SSSR count). The van der Waals surface area contributed by atoms with E-state index in [0.29, 0.717) is 29.9 Å². The number of aromatic nitrogens is 3. The molecule has 180 valence electrons. The Morgan fingerprint density at radius 1 is 1.31 bits per heavy atom. The maximum absolute atomic E-state index is 12.4. The second kappa shape index (κ2) is 9.06. The minimum atomic E-state index is -0.791. The highest BCUT2D eigenvalue weighted by molar-refractivity contribution is 5.96. The average molecular weight is 477 g/mol. The predicted molar refractivity (Wildman–Crippen MR) is 125 cm³/mol. The van der Waals surface area contributed by atoms with E-state index in [-0.39, 0.29) is 24.0 Å². The second-order valence-electron chi connectivity index (χ2n) is 7.80. The number of amides is 2. The zero-order valence-corrected chi connectivity index (χ0v) is 19.1. The summed E-state index contributed by atoms with van der Waals surface area (Å²) in [5.41, 5.74) is 2.16. The number of fused-ring (bicyclic) bond motifs is 3. The molecule has 0 bridgehead atoms. The molecule has 0 spiro atoms. The van der Waals surface area contributed by atoms with Gasteiger partial charge in [0.1, 0.15) is 17.4 Å². The van der Waals surface area contributed by atoms with Crippen LogP contribution >= 0.6 is 0 Å². The molecule has 0 unspecified atom stereocenters. The van der Waals surface area contributed by atoms with Gasteiger partial charge in [-0.05, 0) is 24.3 Å². The highest BCUT2D eigenvalue weighted by Gasteiger charge is 2.39. The summed E-state index contributed by atoms with van der Waals surface area (Å²) in [7, 11) is 2.85. The third kappa shape index (κ3) is 4.04. The Bertz CT molecular complexity index is 1400. The lowest BCUT2D eigenvalue weighted by molar-refractivity contribution is -0.202. The number of pyridine rings is 1. The van der Waals surface area contributed by atoms with E-state index in [1.807, 2.05) is 16.7 Å². The van der Waals surface area contributed by atoms with Crippen molar-refractivity contribution in [1.29, 1.82) is 0 Å². The molecule has 1 saturated heterocycles. The fraction of sp³-hybridized carbons (Fsp3) is 0.261. The van der Waals surface area contributed by atoms with E-state index in [4.69, 9.17) is 19.3 Å². The normalized spacial score (nSPS) is 17.0. The van der Waals surface area contributed by atoms with Crippen molar-refractivity contribution >= 4 is 34.4 Å². The van der Waals surface area contributed by atoms with Crippen LogP contribution in [0.3, 0.4) is 0 Å². The summed E-state index contributed by atoms with van der Waals surface area (Å²) in [6.45, 7) is 5.68. The van der Waals surface area contributed by atoms with E-state index in [0.717, 1.165) is 21.8 Å². The molecule has 0 saturated carbocycles. The van der Waals surface area contributed by atoms with Crippen LogP contribution in [0.15, 0.2) is 48.2 Å². The number of carbonyl (C=O) groups is 2. The van der Waals surface area contributed by atoms with Crippen LogP contribution in [-0.4, -0.2) is 64.9 Å². The molecule has 4 heterocycles. The molecule has 2 N–H and O–H groups in total. The Morgan fingerprint density at radius 2 is 2.17 bits per heavy atom. The number of hydrogen-bond donors (Lipinski definition) is 2. The van der Waals surface area contributed by atoms with Crippen molar-refractivity contribution in [3.8, 4) is 11.5 Å². The first-order valence-electron chi connectivity index (χ1n) is 10.8. The van der Waals surface area contributed by atoms with Crippen molar-refractivity contribution in [3.05, 3.63) is 54.4 Å². The van der Waals surface area contributed by atoms with Crippen LogP contribution in [0.2, 0.25) is 0 Å². The predicted octanol–water partition coefficient (Wildman–Crippen LogP) is 1.30. The van der Waals surface area contributed by atoms with Crippen molar-refractivity contribution in [2.75, 3.05) is 32.6 Å². The molecule has 2 aromatic heterocycles. The number of nitrogens with zero attached hydrogens (tertiary/aromatic N) is 5. The van der Waals surface area contributed by atoms with Gasteiger partial charge in [-0.3, -0.25) is 19.2 Å². The smallest absolute Gasteiger partial charge is 0.413 e. The van der Waals surface area contributed by atoms with E-state index in [2.05, 4.69) is 27.2 Å². The summed E-state index contributed by atoms with van der Waals surface area (Å²) in [5, 5.41) is 7.79. The van der Waals surface area contributed by atoms with Crippen LogP contribution in [0.4, 0.5) is 10.6 Å². The highest BCUT2D eigenvalue weighted by Crippen LogP contribution is 2.37. The van der Waals surface area contributed by atoms with E-state index in [9.17, 15) is 9.59 Å². The van der Waals surface area contributed by atoms with Crippen LogP contribution in [0.1, 0.15) is 5.56 Å². The standard InChI is InChI=1S/C23H23N7O5/c1-13(14-5-4-8-24-11-14)26-22-28-18-15(20-25-9-10-29(20)22)6-7-17(19(18)33-2)35-23(32)27-16-12-30(34-3)21(16)31/h4-8,11,16,25H,1,9-10,12H2,2-3H3,(H,27,32)/t16-/m1/s1. The van der Waals surface area contributed by atoms with Gasteiger partial charge in [-0.1, -0.05) is 6.58 Å². The van der Waals surface area contributed by atoms with Gasteiger partial charge in [0.2, 0.25) is 5.62 Å². The summed E-state index contributed by atoms with van der Waals surface area (Å²) in [6, 6.07) is 6.38. The van der Waals surface area contributed by atoms with Crippen molar-refractivity contribution in [1.82, 2.24) is 24.9 Å². The largest absolute Gasteiger partial charge is 0.491 e. The third-order valence-electron chi connectivity index (χ3n) is 5.74. The molecule has 35 heavy (non-hydrogen) atoms. The molecule has 2 amide bonds. The van der Waals surface area contributed by atoms with Crippen LogP contribution in [0.25, 0.3) is 16.6 Å². The topological polar surface area (TPSA) is 132 Å². The molecule has 1 fully saturated rings. The van der Waals surface area contributed by atoms with Crippen LogP contribution in [0.5, 0.6) is 11.5 Å². The van der Waals surface area contributed by atoms with Gasteiger partial charge >= 0.3 is 6.09 Å². The summed E-state index contributed by atoms with van der Waals surface area (Å²) in [5.74, 6) is 0.883. The minimum Gasteiger partial charge on any atom is -0.491 e. The summed E-state index contributed by atoms with van der Waals surface area (Å²) in [6.07, 6.45) is 2.57. The van der Waals surface area contributed by atoms with Crippen LogP contribution in [-0.2, 0) is 16.2 Å². The molecule has 0 aliphatic carbocycles. The number of methoxy groups -OCH3 is 1. The number of hydrogen-bond acceptors (Lipinski definition) is 9. The van der Waals surface area contributed by atoms with Gasteiger partial charge < -0.3 is 20.1 Å². The quantitative estimate of drug-likeness (QED) is 0.508. The Hall–Kier alpha value is -4.45. The molecular formula is C23H23N7O5. The molecule has 2 aliphatic rings. The summed E-state index contributed by atoms with van der Waals surface area (Å²) >= 11 is 0. The number of β-lactam (4-membered cyclic amide) rings is 1. The van der Waals surface area contributed by atoms with E-state index in [1.54, 1.807) is 24.5 Å². The van der Waals surface area contributed by atoms with Gasteiger partial charge in [-0.2, -0.15) is 0 Å². The maximum Gasteiger partial charge on any atom is 0.413 e. The van der Waals surface area contributed by atoms with Gasteiger partial charge in [0.05, 0.1) is 26.5 Å². The highest BCUT2D eigenvalue weighted by atomic mass is 16.7. The van der Waals surface area contributed by atoms with Crippen molar-refractivity contribution in [2.45, 2.75) is 12.6 Å². The summed E-state index contributed by atoms with van der Waals surface area (Å²) < 4.78 is 13.0. The first-order chi connectivity index (χ1) is 17.0. The van der Waals surface area contributed by atoms with Crippen molar-refractivity contribution in [3.63, 3.8) is 0 Å². The number of carbonyl (C=O) groups excluding carboxylic acids is 2. The molecule has 12 heteroatoms. The minimum absolute atomic E-state index is 0.153. The van der Waals surface area contributed by atoms with E-state index in [1.165, 1.54) is 14.2 Å². The SMILES string of the molecule is C=C(N=c1nc2c(OC)c(OC(=O)N[C@@H]3CN(OC)C3=O)ccc2c2n1CCN2)c1cccnc1. The number of anilines is 1. The number of hydroxylamine groups is 2. The average Bonchev–Trinajstić information content (AvgIpc) is 3.37. The molecule has 0 radical (unpaired) electrons. The van der Waals surface area contributed by atoms with Gasteiger partial charge in [-0.15, -0.1) is 0 Å². The number of rotatable bonds is 6. The fourth-order valence-corrected chi connectivity index (χ4v) is 3.97. The monoisotopic (exact) mass is 477 g/mol. The Balaban J connectivity index is 1.51. The second-order valence-corrected chi connectivity index (χ2v) is 7.80. The first-order valence-corrected chi connectivity index (χ1v) is 10.8. The van der Waals surface area contributed by atoms with Gasteiger partial charge in [0.25, 0.3) is 5.91 Å². The lowest BCUT2D eigenvalue weighted by atomic mass is 10.1. The first kappa shape index (κ1) is 22.3. The molecule has 1 aromatic carbocycles. The van der Waals surface area contributed by atoms with Gasteiger partial charge in [-0.25, -0.2) is 19.8 Å². The Kier molecular flexibility index (Phi) is 5.79. The van der Waals surface area contributed by atoms with Gasteiger partial charge in [0.15, 0.2) is 11.5 Å². The number of nitrogens with one attached hydrogen (secondary N) is 2. The lowest BCUT2D eigenvalue weighted by Crippen LogP contribution is -2.63. The van der Waals surface area contributed by atoms with Crippen LogP contribution < -0.4 is 25.7 Å². The Labute approximate surface area is 199 Å². The molecule has 3 aromatic rings. The molecule has 12 nitrogen and oxygen atoms in total. The zero-order chi connectivity index (χ0) is 24.5. The van der Waals surface area contributed by atoms with E-state index >= 15 is 0 Å². The Morgan fingerprint density at radius 3 is 2.89 bits per heavy atom. The maximum atomic E-state index is 12.4. The van der Waals surface area contributed by atoms with Crippen molar-refractivity contribution < 1.29 is 23.9 Å². The molecular weight excluding hydrogens is 454 g/mol. The van der Waals surface area contributed by atoms with Crippen LogP contribution in [0, 0.1) is 0 Å². The zero-order valence-electron chi connectivity index (χ0n) is 19.1. The molecule has 2 aliphatic heterocycles. The number of ether oxygens (including phenoxy) is 2. The fourth-order valence-electron chi connectivity index (χ4n) is 3.97. The molecule has 1 atom stereocenters. The third-order valence-corrected chi connectivity index (χ3v) is 5.74. The van der Waals surface area contributed by atoms with E-state index < -0.39 is 12.1 Å². The van der Waals surface area contributed by atoms with Crippen molar-refractivity contribution in [2.24, 2.45) is 4.99 Å². The summed E-state index contributed by atoms with van der Waals surface area (Å²) in [4.78, 5) is 42.7. The lowest BCUT2D eigenvalue weighted by Gasteiger charge is -2.35. The number of benzene rings is 1.